The average Bonchev–Trinajstić information content (AvgIpc) is 2.05. The second-order valence-electron chi connectivity index (χ2n) is 2.14. The van der Waals surface area contributed by atoms with Crippen molar-refractivity contribution in [3.05, 3.63) is 35.9 Å². The van der Waals surface area contributed by atoms with Crippen molar-refractivity contribution in [1.82, 2.24) is 0 Å². The van der Waals surface area contributed by atoms with Gasteiger partial charge in [0.2, 0.25) is 0 Å². The lowest BCUT2D eigenvalue weighted by molar-refractivity contribution is -0.142. The first-order valence-electron chi connectivity index (χ1n) is 3.92. The van der Waals surface area contributed by atoms with Crippen LogP contribution in [0.3, 0.4) is 0 Å². The molecule has 0 unspecified atom stereocenters. The normalized spacial score (nSPS) is 13.4. The van der Waals surface area contributed by atoms with Crippen LogP contribution in [0.25, 0.3) is 0 Å². The Kier molecular flexibility index (Phi) is 2.19. The zero-order chi connectivity index (χ0) is 8.97. The summed E-state index contributed by atoms with van der Waals surface area (Å²) in [7, 11) is 0. The third-order valence-electron chi connectivity index (χ3n) is 1.16. The molecule has 1 rings (SSSR count). The standard InChI is InChI=1S/C9H10O2/c1-8(10)11-7-9-5-3-2-4-6-9/h2-6H,7H2,1H3/i7D/t7-/m0/s1. The lowest BCUT2D eigenvalue weighted by atomic mass is 10.2. The van der Waals surface area contributed by atoms with E-state index in [-0.39, 0.29) is 0 Å². The van der Waals surface area contributed by atoms with Gasteiger partial charge in [0.15, 0.2) is 0 Å². The second-order valence-corrected chi connectivity index (χ2v) is 2.14. The molecule has 0 spiro atoms. The van der Waals surface area contributed by atoms with Crippen LogP contribution in [0.4, 0.5) is 0 Å². The van der Waals surface area contributed by atoms with Crippen molar-refractivity contribution >= 4 is 5.97 Å². The number of rotatable bonds is 2. The van der Waals surface area contributed by atoms with Crippen LogP contribution in [0.1, 0.15) is 13.9 Å². The monoisotopic (exact) mass is 151 g/mol. The summed E-state index contributed by atoms with van der Waals surface area (Å²) in [4.78, 5) is 10.5. The largest absolute Gasteiger partial charge is 0.461 e. The number of benzene rings is 1. The summed E-state index contributed by atoms with van der Waals surface area (Å²) in [5.41, 5.74) is 0.688. The van der Waals surface area contributed by atoms with Gasteiger partial charge in [0.25, 0.3) is 0 Å². The average molecular weight is 151 g/mol. The lowest BCUT2D eigenvalue weighted by Crippen LogP contribution is -1.97. The topological polar surface area (TPSA) is 26.3 Å². The molecular weight excluding hydrogens is 140 g/mol. The number of carbonyl (C=O) groups excluding carboxylic acids is 1. The van der Waals surface area contributed by atoms with E-state index < -0.39 is 12.6 Å². The van der Waals surface area contributed by atoms with Crippen LogP contribution >= 0.6 is 0 Å². The molecule has 0 aliphatic rings. The Morgan fingerprint density at radius 1 is 1.55 bits per heavy atom. The number of hydrogen-bond donors (Lipinski definition) is 0. The molecule has 1 aromatic carbocycles. The summed E-state index contributed by atoms with van der Waals surface area (Å²) in [5.74, 6) is -0.432. The Morgan fingerprint density at radius 2 is 2.18 bits per heavy atom. The molecule has 0 fully saturated rings. The molecule has 0 amide bonds. The van der Waals surface area contributed by atoms with Crippen LogP contribution in [-0.4, -0.2) is 5.97 Å². The molecule has 2 heteroatoms. The maximum absolute atomic E-state index is 10.5. The summed E-state index contributed by atoms with van der Waals surface area (Å²) in [6.07, 6.45) is 0. The summed E-state index contributed by atoms with van der Waals surface area (Å²) >= 11 is 0. The maximum atomic E-state index is 10.5. The van der Waals surface area contributed by atoms with Gasteiger partial charge in [-0.1, -0.05) is 30.3 Å². The maximum Gasteiger partial charge on any atom is 0.302 e. The molecular formula is C9H10O2. The van der Waals surface area contributed by atoms with Crippen molar-refractivity contribution in [3.8, 4) is 0 Å². The molecule has 11 heavy (non-hydrogen) atoms. The van der Waals surface area contributed by atoms with E-state index >= 15 is 0 Å². The second kappa shape index (κ2) is 3.76. The predicted octanol–water partition coefficient (Wildman–Crippen LogP) is 1.75. The van der Waals surface area contributed by atoms with Gasteiger partial charge >= 0.3 is 5.97 Å². The van der Waals surface area contributed by atoms with Crippen molar-refractivity contribution in [1.29, 1.82) is 0 Å². The number of esters is 1. The van der Waals surface area contributed by atoms with Gasteiger partial charge in [0.1, 0.15) is 6.58 Å². The molecule has 1 aromatic rings. The first-order valence-corrected chi connectivity index (χ1v) is 3.34. The molecule has 0 bridgehead atoms. The summed E-state index contributed by atoms with van der Waals surface area (Å²) in [6, 6.07) is 8.96. The van der Waals surface area contributed by atoms with Crippen molar-refractivity contribution < 1.29 is 10.9 Å². The van der Waals surface area contributed by atoms with Crippen LogP contribution < -0.4 is 0 Å². The Bertz CT molecular complexity index is 258. The van der Waals surface area contributed by atoms with Gasteiger partial charge in [0.05, 0.1) is 1.37 Å². The molecule has 0 radical (unpaired) electrons. The van der Waals surface area contributed by atoms with Gasteiger partial charge in [-0.3, -0.25) is 4.79 Å². The third kappa shape index (κ3) is 2.85. The van der Waals surface area contributed by atoms with Crippen LogP contribution in [0.5, 0.6) is 0 Å². The lowest BCUT2D eigenvalue weighted by Gasteiger charge is -1.99. The minimum atomic E-state index is -0.899. The van der Waals surface area contributed by atoms with E-state index in [4.69, 9.17) is 1.37 Å². The van der Waals surface area contributed by atoms with E-state index in [1.807, 2.05) is 6.07 Å². The van der Waals surface area contributed by atoms with E-state index in [2.05, 4.69) is 4.74 Å². The van der Waals surface area contributed by atoms with E-state index in [1.165, 1.54) is 6.92 Å². The van der Waals surface area contributed by atoms with Crippen LogP contribution in [0.2, 0.25) is 0 Å². The predicted molar refractivity (Wildman–Crippen MR) is 41.9 cm³/mol. The molecule has 58 valence electrons. The first-order chi connectivity index (χ1) is 5.70. The molecule has 0 saturated heterocycles. The van der Waals surface area contributed by atoms with Crippen molar-refractivity contribution in [3.63, 3.8) is 0 Å². The fourth-order valence-electron chi connectivity index (χ4n) is 0.683. The molecule has 0 aliphatic carbocycles. The van der Waals surface area contributed by atoms with Crippen LogP contribution in [0.15, 0.2) is 30.3 Å². The quantitative estimate of drug-likeness (QED) is 0.602. The molecule has 0 saturated carbocycles. The molecule has 1 atom stereocenters. The van der Waals surface area contributed by atoms with Crippen molar-refractivity contribution in [2.75, 3.05) is 0 Å². The van der Waals surface area contributed by atoms with E-state index in [0.29, 0.717) is 5.56 Å². The zero-order valence-corrected chi connectivity index (χ0v) is 6.28. The minimum Gasteiger partial charge on any atom is -0.461 e. The first kappa shape index (κ1) is 6.40. The fraction of sp³-hybridized carbons (Fsp3) is 0.222. The number of hydrogen-bond acceptors (Lipinski definition) is 2. The SMILES string of the molecule is [2H][C@H](OC(C)=O)c1ccccc1. The highest BCUT2D eigenvalue weighted by Gasteiger charge is 1.93. The molecule has 0 aliphatic heterocycles. The Morgan fingerprint density at radius 3 is 2.73 bits per heavy atom. The molecule has 2 nitrogen and oxygen atoms in total. The molecule has 0 N–H and O–H groups in total. The minimum absolute atomic E-state index is 0.432. The summed E-state index contributed by atoms with van der Waals surface area (Å²) < 4.78 is 12.1. The Balaban J connectivity index is 2.65. The van der Waals surface area contributed by atoms with Crippen molar-refractivity contribution in [2.45, 2.75) is 13.5 Å². The van der Waals surface area contributed by atoms with Gasteiger partial charge in [-0.2, -0.15) is 0 Å². The van der Waals surface area contributed by atoms with Crippen molar-refractivity contribution in [2.24, 2.45) is 0 Å². The van der Waals surface area contributed by atoms with Gasteiger partial charge in [0, 0.05) is 6.92 Å². The van der Waals surface area contributed by atoms with Gasteiger partial charge < -0.3 is 4.74 Å². The van der Waals surface area contributed by atoms with Gasteiger partial charge in [-0.15, -0.1) is 0 Å². The molecule has 0 heterocycles. The molecule has 0 aromatic heterocycles. The van der Waals surface area contributed by atoms with Crippen LogP contribution in [-0.2, 0) is 16.1 Å². The van der Waals surface area contributed by atoms with E-state index in [1.54, 1.807) is 24.3 Å². The Hall–Kier alpha value is -1.31. The van der Waals surface area contributed by atoms with Crippen LogP contribution in [0, 0.1) is 0 Å². The van der Waals surface area contributed by atoms with Gasteiger partial charge in [-0.05, 0) is 5.56 Å². The highest BCUT2D eigenvalue weighted by Crippen LogP contribution is 1.99. The smallest absolute Gasteiger partial charge is 0.302 e. The highest BCUT2D eigenvalue weighted by atomic mass is 16.5. The number of carbonyl (C=O) groups is 1. The number of ether oxygens (including phenoxy) is 1. The van der Waals surface area contributed by atoms with E-state index in [9.17, 15) is 4.79 Å². The fourth-order valence-corrected chi connectivity index (χ4v) is 0.683. The zero-order valence-electron chi connectivity index (χ0n) is 7.28. The Labute approximate surface area is 67.2 Å². The van der Waals surface area contributed by atoms with Gasteiger partial charge in [-0.25, -0.2) is 0 Å². The van der Waals surface area contributed by atoms with E-state index in [0.717, 1.165) is 0 Å². The summed E-state index contributed by atoms with van der Waals surface area (Å²) in [6.45, 7) is 0.397. The highest BCUT2D eigenvalue weighted by molar-refractivity contribution is 5.65. The third-order valence-corrected chi connectivity index (χ3v) is 1.16. The summed E-state index contributed by atoms with van der Waals surface area (Å²) in [5, 5.41) is 0.